The standard InChI is InChI=1S/C16H19N3OS/c1-10(2)20-13-6-4-12(5-7-13)15-14(8-17)19-11(3)9-21-16(19)18-15/h4-7,9-10H,8,17H2,1-3H3. The Morgan fingerprint density at radius 1 is 1.29 bits per heavy atom. The molecule has 5 heteroatoms. The fourth-order valence-corrected chi connectivity index (χ4v) is 3.33. The molecule has 4 nitrogen and oxygen atoms in total. The van der Waals surface area contributed by atoms with Crippen LogP contribution in [0.15, 0.2) is 29.6 Å². The summed E-state index contributed by atoms with van der Waals surface area (Å²) < 4.78 is 7.81. The van der Waals surface area contributed by atoms with E-state index in [-0.39, 0.29) is 6.10 Å². The molecule has 0 atom stereocenters. The van der Waals surface area contributed by atoms with Crippen LogP contribution in [-0.4, -0.2) is 15.5 Å². The number of fused-ring (bicyclic) bond motifs is 1. The van der Waals surface area contributed by atoms with E-state index < -0.39 is 0 Å². The SMILES string of the molecule is Cc1csc2nc(-c3ccc(OC(C)C)cc3)c(CN)n12. The molecular weight excluding hydrogens is 282 g/mol. The Morgan fingerprint density at radius 3 is 2.62 bits per heavy atom. The Hall–Kier alpha value is -1.85. The number of hydrogen-bond acceptors (Lipinski definition) is 4. The van der Waals surface area contributed by atoms with Crippen LogP contribution < -0.4 is 10.5 Å². The second-order valence-corrected chi connectivity index (χ2v) is 6.13. The molecule has 0 saturated heterocycles. The van der Waals surface area contributed by atoms with Gasteiger partial charge in [0.2, 0.25) is 0 Å². The van der Waals surface area contributed by atoms with E-state index in [1.165, 1.54) is 5.69 Å². The molecule has 0 aliphatic heterocycles. The minimum atomic E-state index is 0.177. The lowest BCUT2D eigenvalue weighted by Gasteiger charge is -2.10. The van der Waals surface area contributed by atoms with Crippen LogP contribution in [0.5, 0.6) is 5.75 Å². The predicted octanol–water partition coefficient (Wildman–Crippen LogP) is 3.62. The topological polar surface area (TPSA) is 52.5 Å². The third kappa shape index (κ3) is 2.54. The molecule has 0 radical (unpaired) electrons. The van der Waals surface area contributed by atoms with Gasteiger partial charge in [-0.3, -0.25) is 4.40 Å². The zero-order valence-electron chi connectivity index (χ0n) is 12.5. The zero-order valence-corrected chi connectivity index (χ0v) is 13.3. The van der Waals surface area contributed by atoms with Crippen LogP contribution >= 0.6 is 11.3 Å². The first kappa shape index (κ1) is 14.1. The van der Waals surface area contributed by atoms with Crippen molar-refractivity contribution in [1.29, 1.82) is 0 Å². The van der Waals surface area contributed by atoms with Gasteiger partial charge in [-0.25, -0.2) is 4.98 Å². The first-order chi connectivity index (χ1) is 10.1. The average molecular weight is 301 g/mol. The molecule has 2 heterocycles. The molecule has 0 aliphatic rings. The summed E-state index contributed by atoms with van der Waals surface area (Å²) in [5.41, 5.74) is 10.2. The van der Waals surface area contributed by atoms with Crippen molar-refractivity contribution in [2.45, 2.75) is 33.4 Å². The van der Waals surface area contributed by atoms with Crippen molar-refractivity contribution >= 4 is 16.3 Å². The summed E-state index contributed by atoms with van der Waals surface area (Å²) >= 11 is 1.64. The number of nitrogens with zero attached hydrogens (tertiary/aromatic N) is 2. The van der Waals surface area contributed by atoms with E-state index in [0.29, 0.717) is 6.54 Å². The summed E-state index contributed by atoms with van der Waals surface area (Å²) in [5.74, 6) is 0.875. The molecule has 3 aromatic rings. The molecule has 21 heavy (non-hydrogen) atoms. The van der Waals surface area contributed by atoms with E-state index in [4.69, 9.17) is 15.5 Å². The number of aromatic nitrogens is 2. The number of benzene rings is 1. The van der Waals surface area contributed by atoms with E-state index in [9.17, 15) is 0 Å². The maximum Gasteiger partial charge on any atom is 0.194 e. The lowest BCUT2D eigenvalue weighted by molar-refractivity contribution is 0.242. The summed E-state index contributed by atoms with van der Waals surface area (Å²) in [5, 5.41) is 2.10. The smallest absolute Gasteiger partial charge is 0.194 e. The first-order valence-electron chi connectivity index (χ1n) is 7.02. The van der Waals surface area contributed by atoms with E-state index in [1.54, 1.807) is 11.3 Å². The van der Waals surface area contributed by atoms with Gasteiger partial charge in [-0.2, -0.15) is 0 Å². The average Bonchev–Trinajstić information content (AvgIpc) is 2.99. The monoisotopic (exact) mass is 301 g/mol. The molecule has 3 rings (SSSR count). The van der Waals surface area contributed by atoms with Crippen LogP contribution in [0.4, 0.5) is 0 Å². The molecule has 0 fully saturated rings. The molecule has 0 saturated carbocycles. The predicted molar refractivity (Wildman–Crippen MR) is 86.9 cm³/mol. The lowest BCUT2D eigenvalue weighted by Crippen LogP contribution is -2.05. The summed E-state index contributed by atoms with van der Waals surface area (Å²) in [6.45, 7) is 6.59. The Labute approximate surface area is 128 Å². The fraction of sp³-hybridized carbons (Fsp3) is 0.312. The van der Waals surface area contributed by atoms with Crippen molar-refractivity contribution in [2.75, 3.05) is 0 Å². The minimum absolute atomic E-state index is 0.177. The van der Waals surface area contributed by atoms with E-state index in [0.717, 1.165) is 27.7 Å². The number of aryl methyl sites for hydroxylation is 1. The van der Waals surface area contributed by atoms with Crippen molar-refractivity contribution < 1.29 is 4.74 Å². The quantitative estimate of drug-likeness (QED) is 0.801. The summed E-state index contributed by atoms with van der Waals surface area (Å²) in [7, 11) is 0. The molecule has 0 aliphatic carbocycles. The molecule has 0 bridgehead atoms. The highest BCUT2D eigenvalue weighted by Gasteiger charge is 2.15. The number of imidazole rings is 1. The minimum Gasteiger partial charge on any atom is -0.491 e. The zero-order chi connectivity index (χ0) is 15.0. The third-order valence-electron chi connectivity index (χ3n) is 3.32. The number of rotatable bonds is 4. The van der Waals surface area contributed by atoms with E-state index >= 15 is 0 Å². The molecule has 2 N–H and O–H groups in total. The second-order valence-electron chi connectivity index (χ2n) is 5.30. The maximum atomic E-state index is 5.94. The van der Waals surface area contributed by atoms with Gasteiger partial charge in [-0.05, 0) is 45.0 Å². The normalized spacial score (nSPS) is 11.5. The Balaban J connectivity index is 2.03. The fourth-order valence-electron chi connectivity index (χ4n) is 2.45. The van der Waals surface area contributed by atoms with Crippen LogP contribution in [0.1, 0.15) is 25.2 Å². The number of hydrogen-bond donors (Lipinski definition) is 1. The molecule has 0 amide bonds. The highest BCUT2D eigenvalue weighted by molar-refractivity contribution is 7.15. The molecular formula is C16H19N3OS. The van der Waals surface area contributed by atoms with Crippen molar-refractivity contribution in [1.82, 2.24) is 9.38 Å². The van der Waals surface area contributed by atoms with Crippen LogP contribution in [-0.2, 0) is 6.54 Å². The van der Waals surface area contributed by atoms with E-state index in [1.807, 2.05) is 38.1 Å². The molecule has 0 spiro atoms. The Kier molecular flexibility index (Phi) is 3.69. The molecule has 2 aromatic heterocycles. The Bertz CT molecular complexity index is 756. The highest BCUT2D eigenvalue weighted by atomic mass is 32.1. The molecule has 110 valence electrons. The van der Waals surface area contributed by atoms with Gasteiger partial charge in [-0.1, -0.05) is 0 Å². The van der Waals surface area contributed by atoms with Gasteiger partial charge in [0, 0.05) is 23.2 Å². The molecule has 0 unspecified atom stereocenters. The van der Waals surface area contributed by atoms with Gasteiger partial charge in [0.1, 0.15) is 5.75 Å². The van der Waals surface area contributed by atoms with Crippen molar-refractivity contribution in [3.8, 4) is 17.0 Å². The van der Waals surface area contributed by atoms with Gasteiger partial charge in [0.25, 0.3) is 0 Å². The number of thiazole rings is 1. The van der Waals surface area contributed by atoms with Gasteiger partial charge in [0.15, 0.2) is 4.96 Å². The third-order valence-corrected chi connectivity index (χ3v) is 4.27. The van der Waals surface area contributed by atoms with Crippen LogP contribution in [0.25, 0.3) is 16.2 Å². The van der Waals surface area contributed by atoms with Crippen molar-refractivity contribution in [2.24, 2.45) is 5.73 Å². The van der Waals surface area contributed by atoms with Crippen LogP contribution in [0, 0.1) is 6.92 Å². The van der Waals surface area contributed by atoms with Crippen molar-refractivity contribution in [3.05, 3.63) is 41.0 Å². The van der Waals surface area contributed by atoms with Gasteiger partial charge in [0.05, 0.1) is 17.5 Å². The summed E-state index contributed by atoms with van der Waals surface area (Å²) in [4.78, 5) is 5.72. The van der Waals surface area contributed by atoms with E-state index in [2.05, 4.69) is 16.7 Å². The molecule has 1 aromatic carbocycles. The number of nitrogens with two attached hydrogens (primary N) is 1. The number of ether oxygens (including phenoxy) is 1. The van der Waals surface area contributed by atoms with Gasteiger partial charge < -0.3 is 10.5 Å². The maximum absolute atomic E-state index is 5.94. The van der Waals surface area contributed by atoms with Crippen LogP contribution in [0.2, 0.25) is 0 Å². The van der Waals surface area contributed by atoms with Crippen molar-refractivity contribution in [3.63, 3.8) is 0 Å². The van der Waals surface area contributed by atoms with Gasteiger partial charge >= 0.3 is 0 Å². The highest BCUT2D eigenvalue weighted by Crippen LogP contribution is 2.29. The second kappa shape index (κ2) is 5.50. The first-order valence-corrected chi connectivity index (χ1v) is 7.90. The summed E-state index contributed by atoms with van der Waals surface area (Å²) in [6.07, 6.45) is 0.177. The lowest BCUT2D eigenvalue weighted by atomic mass is 10.1. The largest absolute Gasteiger partial charge is 0.491 e. The van der Waals surface area contributed by atoms with Crippen LogP contribution in [0.3, 0.4) is 0 Å². The Morgan fingerprint density at radius 2 is 2.00 bits per heavy atom. The summed E-state index contributed by atoms with van der Waals surface area (Å²) in [6, 6.07) is 8.04. The van der Waals surface area contributed by atoms with Gasteiger partial charge in [-0.15, -0.1) is 11.3 Å².